The summed E-state index contributed by atoms with van der Waals surface area (Å²) in [4.78, 5) is 7.91. The first-order valence-electron chi connectivity index (χ1n) is 4.18. The largest absolute Gasteiger partial charge is 0.508 e. The molecule has 0 radical (unpaired) electrons. The minimum absolute atomic E-state index is 0.194. The molecule has 0 aliphatic rings. The smallest absolute Gasteiger partial charge is 0.321 e. The number of rotatable bonds is 2. The Bertz CT molecular complexity index is 398. The Balaban J connectivity index is 2.15. The Hall–Kier alpha value is -1.62. The van der Waals surface area contributed by atoms with Crippen LogP contribution >= 0.6 is 15.9 Å². The average molecular weight is 267 g/mol. The molecule has 0 aliphatic carbocycles. The van der Waals surface area contributed by atoms with E-state index in [0.717, 1.165) is 4.47 Å². The van der Waals surface area contributed by atoms with Crippen molar-refractivity contribution in [1.82, 2.24) is 9.97 Å². The van der Waals surface area contributed by atoms with E-state index in [1.54, 1.807) is 24.5 Å². The summed E-state index contributed by atoms with van der Waals surface area (Å²) in [6, 6.07) is 6.62. The lowest BCUT2D eigenvalue weighted by atomic mass is 10.3. The molecule has 15 heavy (non-hydrogen) atoms. The van der Waals surface area contributed by atoms with Gasteiger partial charge in [-0.25, -0.2) is 9.97 Å². The Kier molecular flexibility index (Phi) is 2.82. The number of aromatic hydroxyl groups is 1. The molecule has 1 aromatic carbocycles. The first-order chi connectivity index (χ1) is 7.24. The number of phenols is 1. The van der Waals surface area contributed by atoms with Gasteiger partial charge in [-0.05, 0) is 40.2 Å². The van der Waals surface area contributed by atoms with E-state index in [1.807, 2.05) is 0 Å². The molecule has 76 valence electrons. The first kappa shape index (κ1) is 9.92. The third kappa shape index (κ3) is 2.66. The van der Waals surface area contributed by atoms with Crippen molar-refractivity contribution in [2.75, 3.05) is 0 Å². The number of benzene rings is 1. The highest BCUT2D eigenvalue weighted by Crippen LogP contribution is 2.20. The number of hydrogen-bond donors (Lipinski definition) is 1. The zero-order chi connectivity index (χ0) is 10.7. The predicted molar refractivity (Wildman–Crippen MR) is 57.9 cm³/mol. The monoisotopic (exact) mass is 266 g/mol. The SMILES string of the molecule is Oc1ccc(Oc2ncc(Br)cn2)cc1. The van der Waals surface area contributed by atoms with Crippen molar-refractivity contribution < 1.29 is 9.84 Å². The molecule has 0 amide bonds. The van der Waals surface area contributed by atoms with Crippen molar-refractivity contribution in [1.29, 1.82) is 0 Å². The molecule has 4 nitrogen and oxygen atoms in total. The Labute approximate surface area is 94.7 Å². The molecule has 0 spiro atoms. The van der Waals surface area contributed by atoms with Gasteiger partial charge in [0.1, 0.15) is 11.5 Å². The molecule has 0 unspecified atom stereocenters. The number of hydrogen-bond acceptors (Lipinski definition) is 4. The highest BCUT2D eigenvalue weighted by Gasteiger charge is 1.99. The van der Waals surface area contributed by atoms with E-state index in [1.165, 1.54) is 12.1 Å². The lowest BCUT2D eigenvalue weighted by Crippen LogP contribution is -1.90. The zero-order valence-electron chi connectivity index (χ0n) is 7.59. The molecule has 1 N–H and O–H groups in total. The highest BCUT2D eigenvalue weighted by molar-refractivity contribution is 9.10. The second-order valence-corrected chi connectivity index (χ2v) is 3.70. The third-order valence-corrected chi connectivity index (χ3v) is 2.05. The zero-order valence-corrected chi connectivity index (χ0v) is 9.18. The highest BCUT2D eigenvalue weighted by atomic mass is 79.9. The molecule has 0 saturated carbocycles. The van der Waals surface area contributed by atoms with E-state index < -0.39 is 0 Å². The molecule has 1 aromatic heterocycles. The van der Waals surface area contributed by atoms with E-state index in [2.05, 4.69) is 25.9 Å². The van der Waals surface area contributed by atoms with Crippen molar-refractivity contribution in [2.45, 2.75) is 0 Å². The summed E-state index contributed by atoms with van der Waals surface area (Å²) < 4.78 is 6.13. The van der Waals surface area contributed by atoms with Crippen molar-refractivity contribution >= 4 is 15.9 Å². The van der Waals surface area contributed by atoms with Crippen LogP contribution < -0.4 is 4.74 Å². The molecular formula is C10H7BrN2O2. The van der Waals surface area contributed by atoms with Crippen LogP contribution in [0.3, 0.4) is 0 Å². The lowest BCUT2D eigenvalue weighted by molar-refractivity contribution is 0.437. The summed E-state index contributed by atoms with van der Waals surface area (Å²) in [5.74, 6) is 0.772. The van der Waals surface area contributed by atoms with E-state index in [9.17, 15) is 0 Å². The van der Waals surface area contributed by atoms with Gasteiger partial charge < -0.3 is 9.84 Å². The van der Waals surface area contributed by atoms with Gasteiger partial charge in [0.2, 0.25) is 0 Å². The van der Waals surface area contributed by atoms with Crippen molar-refractivity contribution in [2.24, 2.45) is 0 Å². The average Bonchev–Trinajstić information content (AvgIpc) is 2.25. The van der Waals surface area contributed by atoms with E-state index >= 15 is 0 Å². The van der Waals surface area contributed by atoms with Gasteiger partial charge in [-0.2, -0.15) is 0 Å². The van der Waals surface area contributed by atoms with Crippen LogP contribution in [-0.4, -0.2) is 15.1 Å². The summed E-state index contributed by atoms with van der Waals surface area (Å²) in [7, 11) is 0. The van der Waals surface area contributed by atoms with E-state index in [4.69, 9.17) is 9.84 Å². The van der Waals surface area contributed by atoms with Crippen LogP contribution in [0.5, 0.6) is 17.5 Å². The van der Waals surface area contributed by atoms with Gasteiger partial charge in [0.25, 0.3) is 0 Å². The van der Waals surface area contributed by atoms with Gasteiger partial charge in [0.05, 0.1) is 4.47 Å². The predicted octanol–water partition coefficient (Wildman–Crippen LogP) is 2.74. The third-order valence-electron chi connectivity index (χ3n) is 1.64. The quantitative estimate of drug-likeness (QED) is 0.908. The summed E-state index contributed by atoms with van der Waals surface area (Å²) in [5.41, 5.74) is 0. The lowest BCUT2D eigenvalue weighted by Gasteiger charge is -2.02. The van der Waals surface area contributed by atoms with Crippen molar-refractivity contribution in [3.05, 3.63) is 41.1 Å². The Morgan fingerprint density at radius 1 is 1.07 bits per heavy atom. The molecule has 0 aliphatic heterocycles. The summed E-state index contributed by atoms with van der Waals surface area (Å²) in [6.45, 7) is 0. The minimum atomic E-state index is 0.194. The van der Waals surface area contributed by atoms with E-state index in [-0.39, 0.29) is 11.8 Å². The van der Waals surface area contributed by atoms with Crippen LogP contribution in [0, 0.1) is 0 Å². The van der Waals surface area contributed by atoms with Crippen LogP contribution in [0.15, 0.2) is 41.1 Å². The fraction of sp³-hybridized carbons (Fsp3) is 0. The molecule has 2 aromatic rings. The van der Waals surface area contributed by atoms with Gasteiger partial charge in [-0.15, -0.1) is 0 Å². The summed E-state index contributed by atoms with van der Waals surface area (Å²) in [6.07, 6.45) is 3.20. The maximum absolute atomic E-state index is 9.07. The van der Waals surface area contributed by atoms with Gasteiger partial charge in [0.15, 0.2) is 0 Å². The molecule has 2 rings (SSSR count). The second-order valence-electron chi connectivity index (χ2n) is 2.78. The number of halogens is 1. The number of aromatic nitrogens is 2. The van der Waals surface area contributed by atoms with Crippen LogP contribution in [0.1, 0.15) is 0 Å². The van der Waals surface area contributed by atoms with Crippen molar-refractivity contribution in [3.63, 3.8) is 0 Å². The topological polar surface area (TPSA) is 55.2 Å². The van der Waals surface area contributed by atoms with Gasteiger partial charge in [-0.1, -0.05) is 0 Å². The summed E-state index contributed by atoms with van der Waals surface area (Å²) >= 11 is 3.23. The first-order valence-corrected chi connectivity index (χ1v) is 4.98. The maximum Gasteiger partial charge on any atom is 0.321 e. The molecule has 0 atom stereocenters. The molecule has 1 heterocycles. The molecule has 0 fully saturated rings. The Morgan fingerprint density at radius 2 is 1.67 bits per heavy atom. The van der Waals surface area contributed by atoms with E-state index in [0.29, 0.717) is 5.75 Å². The fourth-order valence-corrected chi connectivity index (χ4v) is 1.18. The molecule has 0 bridgehead atoms. The molecule has 5 heteroatoms. The summed E-state index contributed by atoms with van der Waals surface area (Å²) in [5, 5.41) is 9.07. The maximum atomic E-state index is 9.07. The number of nitrogens with zero attached hydrogens (tertiary/aromatic N) is 2. The number of ether oxygens (including phenoxy) is 1. The second kappa shape index (κ2) is 4.27. The van der Waals surface area contributed by atoms with Crippen molar-refractivity contribution in [3.8, 4) is 17.5 Å². The normalized spacial score (nSPS) is 9.93. The van der Waals surface area contributed by atoms with Crippen LogP contribution in [0.25, 0.3) is 0 Å². The molecule has 0 saturated heterocycles. The van der Waals surface area contributed by atoms with Crippen LogP contribution in [0.4, 0.5) is 0 Å². The number of phenolic OH excluding ortho intramolecular Hbond substituents is 1. The van der Waals surface area contributed by atoms with Gasteiger partial charge in [-0.3, -0.25) is 0 Å². The Morgan fingerprint density at radius 3 is 2.27 bits per heavy atom. The van der Waals surface area contributed by atoms with Crippen LogP contribution in [0.2, 0.25) is 0 Å². The van der Waals surface area contributed by atoms with Gasteiger partial charge in [0, 0.05) is 12.4 Å². The van der Waals surface area contributed by atoms with Gasteiger partial charge >= 0.3 is 6.01 Å². The fourth-order valence-electron chi connectivity index (χ4n) is 0.973. The minimum Gasteiger partial charge on any atom is -0.508 e. The molecular weight excluding hydrogens is 260 g/mol. The standard InChI is InChI=1S/C10H7BrN2O2/c11-7-5-12-10(13-6-7)15-9-3-1-8(14)2-4-9/h1-6,14H. The van der Waals surface area contributed by atoms with Crippen LogP contribution in [-0.2, 0) is 0 Å².